The fourth-order valence-electron chi connectivity index (χ4n) is 2.72. The SMILES string of the molecule is Cc1ccccc1CCC(=O)N1CCCC(C)(O)C1. The van der Waals surface area contributed by atoms with E-state index in [4.69, 9.17) is 0 Å². The topological polar surface area (TPSA) is 40.5 Å². The van der Waals surface area contributed by atoms with Gasteiger partial charge < -0.3 is 10.0 Å². The number of nitrogens with zero attached hydrogens (tertiary/aromatic N) is 1. The summed E-state index contributed by atoms with van der Waals surface area (Å²) in [6, 6.07) is 8.18. The van der Waals surface area contributed by atoms with Crippen molar-refractivity contribution in [1.29, 1.82) is 0 Å². The number of rotatable bonds is 3. The zero-order valence-corrected chi connectivity index (χ0v) is 11.9. The van der Waals surface area contributed by atoms with Crippen molar-refractivity contribution in [3.05, 3.63) is 35.4 Å². The number of benzene rings is 1. The van der Waals surface area contributed by atoms with Crippen LogP contribution in [0.4, 0.5) is 0 Å². The van der Waals surface area contributed by atoms with E-state index in [1.807, 2.05) is 24.0 Å². The van der Waals surface area contributed by atoms with Gasteiger partial charge in [0.2, 0.25) is 5.91 Å². The highest BCUT2D eigenvalue weighted by Gasteiger charge is 2.30. The lowest BCUT2D eigenvalue weighted by molar-refractivity contribution is -0.137. The van der Waals surface area contributed by atoms with E-state index in [0.29, 0.717) is 13.0 Å². The van der Waals surface area contributed by atoms with Crippen LogP contribution in [0.1, 0.15) is 37.3 Å². The van der Waals surface area contributed by atoms with E-state index in [0.717, 1.165) is 25.8 Å². The maximum atomic E-state index is 12.2. The lowest BCUT2D eigenvalue weighted by Crippen LogP contribution is -2.48. The standard InChI is InChI=1S/C16H23NO2/c1-13-6-3-4-7-14(13)8-9-15(18)17-11-5-10-16(2,19)12-17/h3-4,6-7,19H,5,8-12H2,1-2H3. The van der Waals surface area contributed by atoms with Gasteiger partial charge >= 0.3 is 0 Å². The first-order valence-electron chi connectivity index (χ1n) is 7.03. The van der Waals surface area contributed by atoms with Crippen molar-refractivity contribution in [3.8, 4) is 0 Å². The smallest absolute Gasteiger partial charge is 0.222 e. The number of carbonyl (C=O) groups is 1. The molecular formula is C16H23NO2. The Morgan fingerprint density at radius 2 is 2.16 bits per heavy atom. The number of likely N-dealkylation sites (tertiary alicyclic amines) is 1. The first-order valence-corrected chi connectivity index (χ1v) is 7.03. The fraction of sp³-hybridized carbons (Fsp3) is 0.562. The molecule has 1 N–H and O–H groups in total. The van der Waals surface area contributed by atoms with Crippen molar-refractivity contribution in [2.45, 2.75) is 45.1 Å². The van der Waals surface area contributed by atoms with Crippen LogP contribution in [0.15, 0.2) is 24.3 Å². The first kappa shape index (κ1) is 14.1. The Balaban J connectivity index is 1.90. The van der Waals surface area contributed by atoms with Gasteiger partial charge in [0, 0.05) is 19.5 Å². The molecule has 0 radical (unpaired) electrons. The normalized spacial score (nSPS) is 23.4. The molecule has 0 aromatic heterocycles. The molecule has 1 saturated heterocycles. The molecule has 0 saturated carbocycles. The van der Waals surface area contributed by atoms with Crippen LogP contribution in [0, 0.1) is 6.92 Å². The molecule has 1 heterocycles. The van der Waals surface area contributed by atoms with Crippen LogP contribution in [-0.4, -0.2) is 34.6 Å². The Morgan fingerprint density at radius 3 is 2.84 bits per heavy atom. The average molecular weight is 261 g/mol. The third-order valence-electron chi connectivity index (χ3n) is 3.90. The van der Waals surface area contributed by atoms with E-state index in [9.17, 15) is 9.90 Å². The second-order valence-corrected chi connectivity index (χ2v) is 5.84. The van der Waals surface area contributed by atoms with E-state index in [2.05, 4.69) is 19.1 Å². The number of aliphatic hydroxyl groups is 1. The van der Waals surface area contributed by atoms with Gasteiger partial charge in [0.05, 0.1) is 5.60 Å². The summed E-state index contributed by atoms with van der Waals surface area (Å²) in [6.45, 7) is 5.14. The number of β-amino-alcohol motifs (C(OH)–C–C–N with tert-alkyl or cyclic N) is 1. The van der Waals surface area contributed by atoms with Crippen LogP contribution in [0.5, 0.6) is 0 Å². The Labute approximate surface area is 115 Å². The second-order valence-electron chi connectivity index (χ2n) is 5.84. The van der Waals surface area contributed by atoms with E-state index in [-0.39, 0.29) is 5.91 Å². The molecule has 1 aliphatic rings. The predicted octanol–water partition coefficient (Wildman–Crippen LogP) is 2.30. The molecule has 1 aliphatic heterocycles. The quantitative estimate of drug-likeness (QED) is 0.907. The van der Waals surface area contributed by atoms with Gasteiger partial charge in [0.25, 0.3) is 0 Å². The van der Waals surface area contributed by atoms with Crippen LogP contribution in [0.25, 0.3) is 0 Å². The molecule has 0 bridgehead atoms. The zero-order chi connectivity index (χ0) is 13.9. The summed E-state index contributed by atoms with van der Waals surface area (Å²) in [5.74, 6) is 0.156. The van der Waals surface area contributed by atoms with Crippen molar-refractivity contribution in [2.75, 3.05) is 13.1 Å². The van der Waals surface area contributed by atoms with Gasteiger partial charge in [-0.25, -0.2) is 0 Å². The van der Waals surface area contributed by atoms with Crippen molar-refractivity contribution < 1.29 is 9.90 Å². The van der Waals surface area contributed by atoms with Crippen molar-refractivity contribution in [2.24, 2.45) is 0 Å². The van der Waals surface area contributed by atoms with Crippen LogP contribution in [-0.2, 0) is 11.2 Å². The summed E-state index contributed by atoms with van der Waals surface area (Å²) in [7, 11) is 0. The maximum absolute atomic E-state index is 12.2. The van der Waals surface area contributed by atoms with Gasteiger partial charge in [-0.3, -0.25) is 4.79 Å². The Kier molecular flexibility index (Phi) is 4.25. The van der Waals surface area contributed by atoms with Gasteiger partial charge in [-0.05, 0) is 44.2 Å². The molecular weight excluding hydrogens is 238 g/mol. The Morgan fingerprint density at radius 1 is 1.42 bits per heavy atom. The molecule has 1 fully saturated rings. The summed E-state index contributed by atoms with van der Waals surface area (Å²) >= 11 is 0. The van der Waals surface area contributed by atoms with Gasteiger partial charge in [-0.2, -0.15) is 0 Å². The number of aryl methyl sites for hydroxylation is 2. The van der Waals surface area contributed by atoms with Gasteiger partial charge in [-0.15, -0.1) is 0 Å². The van der Waals surface area contributed by atoms with E-state index >= 15 is 0 Å². The Hall–Kier alpha value is -1.35. The number of hydrogen-bond donors (Lipinski definition) is 1. The molecule has 0 aliphatic carbocycles. The molecule has 1 aromatic rings. The van der Waals surface area contributed by atoms with Crippen LogP contribution in [0.2, 0.25) is 0 Å². The molecule has 1 amide bonds. The summed E-state index contributed by atoms with van der Waals surface area (Å²) in [5, 5.41) is 10.0. The molecule has 0 spiro atoms. The minimum atomic E-state index is -0.712. The molecule has 3 heteroatoms. The molecule has 1 unspecified atom stereocenters. The number of piperidine rings is 1. The van der Waals surface area contributed by atoms with Gasteiger partial charge in [0.1, 0.15) is 0 Å². The number of hydrogen-bond acceptors (Lipinski definition) is 2. The van der Waals surface area contributed by atoms with Crippen LogP contribution >= 0.6 is 0 Å². The predicted molar refractivity (Wildman–Crippen MR) is 75.9 cm³/mol. The summed E-state index contributed by atoms with van der Waals surface area (Å²) in [4.78, 5) is 14.0. The first-order chi connectivity index (χ1) is 8.98. The van der Waals surface area contributed by atoms with Gasteiger partial charge in [0.15, 0.2) is 0 Å². The molecule has 1 aromatic carbocycles. The molecule has 2 rings (SSSR count). The summed E-state index contributed by atoms with van der Waals surface area (Å²) < 4.78 is 0. The lowest BCUT2D eigenvalue weighted by atomic mass is 9.94. The lowest BCUT2D eigenvalue weighted by Gasteiger charge is -2.37. The number of amides is 1. The third-order valence-corrected chi connectivity index (χ3v) is 3.90. The minimum Gasteiger partial charge on any atom is -0.388 e. The van der Waals surface area contributed by atoms with Crippen molar-refractivity contribution in [3.63, 3.8) is 0 Å². The maximum Gasteiger partial charge on any atom is 0.222 e. The highest BCUT2D eigenvalue weighted by Crippen LogP contribution is 2.21. The monoisotopic (exact) mass is 261 g/mol. The number of carbonyl (C=O) groups excluding carboxylic acids is 1. The average Bonchev–Trinajstić information content (AvgIpc) is 2.36. The fourth-order valence-corrected chi connectivity index (χ4v) is 2.72. The Bertz CT molecular complexity index is 454. The highest BCUT2D eigenvalue weighted by molar-refractivity contribution is 5.76. The largest absolute Gasteiger partial charge is 0.388 e. The molecule has 3 nitrogen and oxygen atoms in total. The second kappa shape index (κ2) is 5.74. The summed E-state index contributed by atoms with van der Waals surface area (Å²) in [6.07, 6.45) is 2.99. The van der Waals surface area contributed by atoms with Crippen molar-refractivity contribution >= 4 is 5.91 Å². The van der Waals surface area contributed by atoms with E-state index < -0.39 is 5.60 Å². The zero-order valence-electron chi connectivity index (χ0n) is 11.9. The van der Waals surface area contributed by atoms with Crippen LogP contribution in [0.3, 0.4) is 0 Å². The molecule has 104 valence electrons. The highest BCUT2D eigenvalue weighted by atomic mass is 16.3. The summed E-state index contributed by atoms with van der Waals surface area (Å²) in [5.41, 5.74) is 1.76. The third kappa shape index (κ3) is 3.80. The van der Waals surface area contributed by atoms with E-state index in [1.54, 1.807) is 0 Å². The minimum absolute atomic E-state index is 0.156. The van der Waals surface area contributed by atoms with Crippen molar-refractivity contribution in [1.82, 2.24) is 4.90 Å². The van der Waals surface area contributed by atoms with E-state index in [1.165, 1.54) is 11.1 Å². The molecule has 19 heavy (non-hydrogen) atoms. The van der Waals surface area contributed by atoms with Crippen LogP contribution < -0.4 is 0 Å². The van der Waals surface area contributed by atoms with Gasteiger partial charge in [-0.1, -0.05) is 24.3 Å². The molecule has 1 atom stereocenters.